The molecule has 0 atom stereocenters. The molecule has 0 spiro atoms. The molecule has 0 fully saturated rings. The van der Waals surface area contributed by atoms with Gasteiger partial charge in [-0.05, 0) is 11.5 Å². The fourth-order valence-electron chi connectivity index (χ4n) is 0.487. The number of hydrogen-bond donors (Lipinski definition) is 0. The molecule has 0 aliphatic rings. The van der Waals surface area contributed by atoms with Crippen molar-refractivity contribution in [2.45, 2.75) is 13.8 Å². The summed E-state index contributed by atoms with van der Waals surface area (Å²) in [6.45, 7) is 3.96. The molecule has 5 heteroatoms. The smallest absolute Gasteiger partial charge is 0.254 e. The van der Waals surface area contributed by atoms with Gasteiger partial charge < -0.3 is 0 Å². The molecule has 0 amide bonds. The summed E-state index contributed by atoms with van der Waals surface area (Å²) in [4.78, 5) is 9.66. The Balaban J connectivity index is 3.96. The van der Waals surface area contributed by atoms with Gasteiger partial charge in [-0.1, -0.05) is 13.8 Å². The molecule has 0 aromatic heterocycles. The summed E-state index contributed by atoms with van der Waals surface area (Å²) in [6, 6.07) is 0. The predicted molar refractivity (Wildman–Crippen MR) is 51.3 cm³/mol. The first kappa shape index (κ1) is 10.8. The predicted octanol–water partition coefficient (Wildman–Crippen LogP) is 2.57. The summed E-state index contributed by atoms with van der Waals surface area (Å²) in [5.41, 5.74) is 0. The second-order valence-electron chi connectivity index (χ2n) is 1.60. The second-order valence-corrected chi connectivity index (χ2v) is 4.47. The van der Waals surface area contributed by atoms with Crippen LogP contribution in [0.3, 0.4) is 0 Å². The van der Waals surface area contributed by atoms with Crippen LogP contribution in [0.4, 0.5) is 0 Å². The average molecular weight is 193 g/mol. The second kappa shape index (κ2) is 6.54. The van der Waals surface area contributed by atoms with Gasteiger partial charge in [0.2, 0.25) is 0 Å². The molecule has 0 rings (SSSR count). The fraction of sp³-hybridized carbons (Fsp3) is 0.667. The van der Waals surface area contributed by atoms with Gasteiger partial charge in [-0.15, -0.1) is 23.5 Å². The largest absolute Gasteiger partial charge is 0.259 e. The van der Waals surface area contributed by atoms with Crippen LogP contribution in [0.1, 0.15) is 13.8 Å². The quantitative estimate of drug-likeness (QED) is 0.497. The molecular weight excluding hydrogens is 182 g/mol. The monoisotopic (exact) mass is 193 g/mol. The van der Waals surface area contributed by atoms with Crippen molar-refractivity contribution in [2.24, 2.45) is 0 Å². The number of nitro groups is 1. The van der Waals surface area contributed by atoms with Crippen molar-refractivity contribution in [3.8, 4) is 0 Å². The van der Waals surface area contributed by atoms with Crippen LogP contribution in [0.5, 0.6) is 0 Å². The summed E-state index contributed by atoms with van der Waals surface area (Å²) in [6.07, 6.45) is 1.07. The molecule has 11 heavy (non-hydrogen) atoms. The average Bonchev–Trinajstić information content (AvgIpc) is 1.87. The van der Waals surface area contributed by atoms with Gasteiger partial charge in [0, 0.05) is 0 Å². The third-order valence-corrected chi connectivity index (χ3v) is 2.85. The van der Waals surface area contributed by atoms with E-state index in [9.17, 15) is 10.1 Å². The number of thioether (sulfide) groups is 2. The summed E-state index contributed by atoms with van der Waals surface area (Å²) < 4.78 is 0.792. The van der Waals surface area contributed by atoms with E-state index in [0.29, 0.717) is 0 Å². The van der Waals surface area contributed by atoms with Crippen molar-refractivity contribution < 1.29 is 4.92 Å². The molecule has 0 aromatic rings. The fourth-order valence-corrected chi connectivity index (χ4v) is 2.42. The third-order valence-electron chi connectivity index (χ3n) is 0.784. The van der Waals surface area contributed by atoms with Crippen LogP contribution in [-0.4, -0.2) is 16.4 Å². The number of rotatable bonds is 5. The Morgan fingerprint density at radius 1 is 1.45 bits per heavy atom. The van der Waals surface area contributed by atoms with E-state index in [1.807, 2.05) is 13.8 Å². The van der Waals surface area contributed by atoms with Crippen LogP contribution in [0.15, 0.2) is 10.4 Å². The summed E-state index contributed by atoms with van der Waals surface area (Å²) in [7, 11) is 0. The van der Waals surface area contributed by atoms with E-state index in [-0.39, 0.29) is 0 Å². The van der Waals surface area contributed by atoms with Gasteiger partial charge in [0.1, 0.15) is 4.24 Å². The lowest BCUT2D eigenvalue weighted by Crippen LogP contribution is -1.86. The Labute approximate surface area is 74.8 Å². The van der Waals surface area contributed by atoms with Crippen LogP contribution in [0.2, 0.25) is 0 Å². The maximum Gasteiger partial charge on any atom is 0.254 e. The van der Waals surface area contributed by atoms with E-state index >= 15 is 0 Å². The minimum atomic E-state index is -0.402. The van der Waals surface area contributed by atoms with Crippen LogP contribution in [0, 0.1) is 10.1 Å². The highest BCUT2D eigenvalue weighted by Crippen LogP contribution is 2.27. The number of nitrogens with zero attached hydrogens (tertiary/aromatic N) is 1. The SMILES string of the molecule is CCSC(=C[N+](=O)[O-])SCC. The standard InChI is InChI=1S/C6H11NO2S2/c1-3-10-6(11-4-2)5-7(8)9/h5H,3-4H2,1-2H3. The van der Waals surface area contributed by atoms with Gasteiger partial charge in [0.15, 0.2) is 0 Å². The van der Waals surface area contributed by atoms with Crippen LogP contribution in [0.25, 0.3) is 0 Å². The topological polar surface area (TPSA) is 43.1 Å². The molecule has 0 bridgehead atoms. The van der Waals surface area contributed by atoms with Gasteiger partial charge in [-0.2, -0.15) is 0 Å². The highest BCUT2D eigenvalue weighted by molar-refractivity contribution is 8.22. The highest BCUT2D eigenvalue weighted by Gasteiger charge is 2.01. The maximum atomic E-state index is 10.1. The first-order chi connectivity index (χ1) is 5.20. The molecule has 0 aliphatic heterocycles. The highest BCUT2D eigenvalue weighted by atomic mass is 32.2. The normalized spacial score (nSPS) is 9.27. The van der Waals surface area contributed by atoms with Gasteiger partial charge in [-0.25, -0.2) is 0 Å². The molecule has 0 unspecified atom stereocenters. The molecule has 64 valence electrons. The Hall–Kier alpha value is -0.160. The molecule has 3 nitrogen and oxygen atoms in total. The lowest BCUT2D eigenvalue weighted by molar-refractivity contribution is -0.402. The molecule has 0 aromatic carbocycles. The maximum absolute atomic E-state index is 10.1. The van der Waals surface area contributed by atoms with Crippen LogP contribution in [-0.2, 0) is 0 Å². The van der Waals surface area contributed by atoms with Crippen LogP contribution < -0.4 is 0 Å². The van der Waals surface area contributed by atoms with E-state index in [0.717, 1.165) is 21.9 Å². The van der Waals surface area contributed by atoms with E-state index in [2.05, 4.69) is 0 Å². The summed E-state index contributed by atoms with van der Waals surface area (Å²) >= 11 is 3.02. The van der Waals surface area contributed by atoms with Gasteiger partial charge in [0.05, 0.1) is 4.92 Å². The van der Waals surface area contributed by atoms with Gasteiger partial charge in [-0.3, -0.25) is 10.1 Å². The minimum absolute atomic E-state index is 0.402. The van der Waals surface area contributed by atoms with Crippen molar-refractivity contribution in [3.63, 3.8) is 0 Å². The zero-order valence-corrected chi connectivity index (χ0v) is 8.20. The lowest BCUT2D eigenvalue weighted by Gasteiger charge is -1.97. The Kier molecular flexibility index (Phi) is 6.45. The summed E-state index contributed by atoms with van der Waals surface area (Å²) in [5, 5.41) is 10.1. The van der Waals surface area contributed by atoms with Crippen LogP contribution >= 0.6 is 23.5 Å². The Morgan fingerprint density at radius 3 is 2.18 bits per heavy atom. The van der Waals surface area contributed by atoms with Crippen molar-refractivity contribution >= 4 is 23.5 Å². The van der Waals surface area contributed by atoms with Gasteiger partial charge in [0.25, 0.3) is 6.20 Å². The van der Waals surface area contributed by atoms with E-state index in [1.54, 1.807) is 0 Å². The Morgan fingerprint density at radius 2 is 1.91 bits per heavy atom. The van der Waals surface area contributed by atoms with E-state index in [4.69, 9.17) is 0 Å². The van der Waals surface area contributed by atoms with Gasteiger partial charge >= 0.3 is 0 Å². The van der Waals surface area contributed by atoms with E-state index in [1.165, 1.54) is 23.5 Å². The zero-order valence-electron chi connectivity index (χ0n) is 6.57. The minimum Gasteiger partial charge on any atom is -0.259 e. The van der Waals surface area contributed by atoms with Crippen molar-refractivity contribution in [3.05, 3.63) is 20.6 Å². The van der Waals surface area contributed by atoms with Crippen molar-refractivity contribution in [2.75, 3.05) is 11.5 Å². The van der Waals surface area contributed by atoms with Crippen molar-refractivity contribution in [1.82, 2.24) is 0 Å². The molecule has 0 N–H and O–H groups in total. The molecule has 0 aliphatic carbocycles. The summed E-state index contributed by atoms with van der Waals surface area (Å²) in [5.74, 6) is 1.76. The van der Waals surface area contributed by atoms with E-state index < -0.39 is 4.92 Å². The molecule has 0 radical (unpaired) electrons. The molecule has 0 saturated carbocycles. The zero-order chi connectivity index (χ0) is 8.69. The molecular formula is C6H11NO2S2. The first-order valence-corrected chi connectivity index (χ1v) is 5.28. The first-order valence-electron chi connectivity index (χ1n) is 3.31. The molecule has 0 heterocycles. The molecule has 0 saturated heterocycles. The Bertz CT molecular complexity index is 151. The third kappa shape index (κ3) is 6.25. The van der Waals surface area contributed by atoms with Crippen molar-refractivity contribution in [1.29, 1.82) is 0 Å². The lowest BCUT2D eigenvalue weighted by atomic mass is 11.0. The number of hydrogen-bond acceptors (Lipinski definition) is 4.